The summed E-state index contributed by atoms with van der Waals surface area (Å²) >= 11 is 0. The van der Waals surface area contributed by atoms with Gasteiger partial charge in [-0.3, -0.25) is 4.98 Å². The Balaban J connectivity index is 1.59. The molecule has 1 aliphatic heterocycles. The molecule has 5 nitrogen and oxygen atoms in total. The summed E-state index contributed by atoms with van der Waals surface area (Å²) in [6.45, 7) is 9.46. The monoisotopic (exact) mass is 391 g/mol. The molecule has 0 radical (unpaired) electrons. The van der Waals surface area contributed by atoms with Crippen LogP contribution in [0.3, 0.4) is 0 Å². The molecule has 29 heavy (non-hydrogen) atoms. The summed E-state index contributed by atoms with van der Waals surface area (Å²) in [6.07, 6.45) is 5.44. The highest BCUT2D eigenvalue weighted by molar-refractivity contribution is 6.05. The SMILES string of the molecule is CCN1CCC(c2ccc3[nH]c(C)c(C(=O)OC(C)c4ccncc4)c3c2)CC1. The van der Waals surface area contributed by atoms with Gasteiger partial charge < -0.3 is 14.6 Å². The van der Waals surface area contributed by atoms with E-state index in [1.807, 2.05) is 26.0 Å². The van der Waals surface area contributed by atoms with Crippen LogP contribution >= 0.6 is 0 Å². The van der Waals surface area contributed by atoms with Crippen molar-refractivity contribution in [3.05, 3.63) is 65.1 Å². The second-order valence-corrected chi connectivity index (χ2v) is 7.97. The first kappa shape index (κ1) is 19.6. The minimum atomic E-state index is -0.323. The van der Waals surface area contributed by atoms with Gasteiger partial charge in [0.15, 0.2) is 0 Å². The minimum Gasteiger partial charge on any atom is -0.454 e. The molecule has 1 unspecified atom stereocenters. The fourth-order valence-electron chi connectivity index (χ4n) is 4.37. The number of nitrogens with zero attached hydrogens (tertiary/aromatic N) is 2. The van der Waals surface area contributed by atoms with Crippen molar-refractivity contribution in [1.29, 1.82) is 0 Å². The maximum absolute atomic E-state index is 13.0. The number of aromatic amines is 1. The number of ether oxygens (including phenoxy) is 1. The summed E-state index contributed by atoms with van der Waals surface area (Å²) < 4.78 is 5.79. The fourth-order valence-corrected chi connectivity index (χ4v) is 4.37. The molecule has 4 rings (SSSR count). The molecular formula is C24H29N3O2. The predicted molar refractivity (Wildman–Crippen MR) is 115 cm³/mol. The summed E-state index contributed by atoms with van der Waals surface area (Å²) in [5.74, 6) is 0.271. The van der Waals surface area contributed by atoms with Gasteiger partial charge in [0.2, 0.25) is 0 Å². The van der Waals surface area contributed by atoms with Crippen LogP contribution in [-0.2, 0) is 4.74 Å². The molecule has 0 saturated carbocycles. The lowest BCUT2D eigenvalue weighted by Gasteiger charge is -2.31. The summed E-state index contributed by atoms with van der Waals surface area (Å²) in [4.78, 5) is 22.9. The first-order chi connectivity index (χ1) is 14.1. The van der Waals surface area contributed by atoms with E-state index in [-0.39, 0.29) is 12.1 Å². The van der Waals surface area contributed by atoms with Gasteiger partial charge in [-0.05, 0) is 87.6 Å². The third kappa shape index (κ3) is 4.06. The second kappa shape index (κ2) is 8.37. The molecule has 0 bridgehead atoms. The van der Waals surface area contributed by atoms with Crippen molar-refractivity contribution >= 4 is 16.9 Å². The van der Waals surface area contributed by atoms with E-state index >= 15 is 0 Å². The Labute approximate surface area is 172 Å². The molecule has 1 aromatic carbocycles. The highest BCUT2D eigenvalue weighted by atomic mass is 16.5. The zero-order valence-electron chi connectivity index (χ0n) is 17.4. The molecule has 1 N–H and O–H groups in total. The van der Waals surface area contributed by atoms with Crippen LogP contribution in [0.4, 0.5) is 0 Å². The number of fused-ring (bicyclic) bond motifs is 1. The van der Waals surface area contributed by atoms with Crippen LogP contribution in [0, 0.1) is 6.92 Å². The van der Waals surface area contributed by atoms with Crippen molar-refractivity contribution < 1.29 is 9.53 Å². The Morgan fingerprint density at radius 1 is 1.24 bits per heavy atom. The summed E-state index contributed by atoms with van der Waals surface area (Å²) in [5.41, 5.74) is 4.75. The number of carbonyl (C=O) groups excluding carboxylic acids is 1. The largest absolute Gasteiger partial charge is 0.454 e. The Kier molecular flexibility index (Phi) is 5.67. The van der Waals surface area contributed by atoms with Crippen molar-refractivity contribution in [3.63, 3.8) is 0 Å². The maximum Gasteiger partial charge on any atom is 0.341 e. The van der Waals surface area contributed by atoms with Gasteiger partial charge in [0.25, 0.3) is 0 Å². The van der Waals surface area contributed by atoms with Crippen LogP contribution in [0.2, 0.25) is 0 Å². The average molecular weight is 392 g/mol. The number of hydrogen-bond acceptors (Lipinski definition) is 4. The van der Waals surface area contributed by atoms with Gasteiger partial charge in [0.1, 0.15) is 6.10 Å². The predicted octanol–water partition coefficient (Wildman–Crippen LogP) is 4.99. The molecule has 0 spiro atoms. The van der Waals surface area contributed by atoms with E-state index in [9.17, 15) is 4.79 Å². The summed E-state index contributed by atoms with van der Waals surface area (Å²) in [6, 6.07) is 10.3. The van der Waals surface area contributed by atoms with E-state index in [4.69, 9.17) is 4.74 Å². The quantitative estimate of drug-likeness (QED) is 0.623. The Morgan fingerprint density at radius 3 is 2.66 bits per heavy atom. The molecule has 0 amide bonds. The van der Waals surface area contributed by atoms with E-state index in [0.717, 1.165) is 41.8 Å². The molecule has 1 fully saturated rings. The van der Waals surface area contributed by atoms with Gasteiger partial charge in [-0.25, -0.2) is 4.79 Å². The molecule has 1 aliphatic rings. The molecule has 3 aromatic rings. The van der Waals surface area contributed by atoms with Gasteiger partial charge in [-0.15, -0.1) is 0 Å². The number of aryl methyl sites for hydroxylation is 1. The van der Waals surface area contributed by atoms with Gasteiger partial charge >= 0.3 is 5.97 Å². The van der Waals surface area contributed by atoms with E-state index in [1.165, 1.54) is 18.4 Å². The third-order valence-electron chi connectivity index (χ3n) is 6.18. The van der Waals surface area contributed by atoms with Gasteiger partial charge in [0, 0.05) is 29.0 Å². The lowest BCUT2D eigenvalue weighted by Crippen LogP contribution is -2.32. The zero-order valence-corrected chi connectivity index (χ0v) is 17.4. The highest BCUT2D eigenvalue weighted by Gasteiger charge is 2.23. The number of rotatable bonds is 5. The fraction of sp³-hybridized carbons (Fsp3) is 0.417. The molecule has 2 aromatic heterocycles. The van der Waals surface area contributed by atoms with E-state index in [0.29, 0.717) is 11.5 Å². The Hall–Kier alpha value is -2.66. The normalized spacial score (nSPS) is 16.8. The Bertz CT molecular complexity index is 988. The number of carbonyl (C=O) groups is 1. The molecular weight excluding hydrogens is 362 g/mol. The van der Waals surface area contributed by atoms with Crippen LogP contribution in [0.1, 0.15) is 65.9 Å². The number of piperidine rings is 1. The maximum atomic E-state index is 13.0. The van der Waals surface area contributed by atoms with Crippen molar-refractivity contribution in [2.75, 3.05) is 19.6 Å². The smallest absolute Gasteiger partial charge is 0.341 e. The summed E-state index contributed by atoms with van der Waals surface area (Å²) in [5, 5.41) is 0.963. The topological polar surface area (TPSA) is 58.2 Å². The van der Waals surface area contributed by atoms with E-state index in [1.54, 1.807) is 12.4 Å². The van der Waals surface area contributed by atoms with E-state index in [2.05, 4.69) is 40.0 Å². The average Bonchev–Trinajstić information content (AvgIpc) is 3.09. The van der Waals surface area contributed by atoms with Gasteiger partial charge in [-0.1, -0.05) is 13.0 Å². The molecule has 3 heterocycles. The number of H-pyrrole nitrogens is 1. The van der Waals surface area contributed by atoms with Crippen LogP contribution in [-0.4, -0.2) is 40.5 Å². The molecule has 5 heteroatoms. The Morgan fingerprint density at radius 2 is 1.97 bits per heavy atom. The molecule has 1 saturated heterocycles. The molecule has 1 atom stereocenters. The molecule has 0 aliphatic carbocycles. The number of likely N-dealkylation sites (tertiary alicyclic amines) is 1. The van der Waals surface area contributed by atoms with Gasteiger partial charge in [-0.2, -0.15) is 0 Å². The lowest BCUT2D eigenvalue weighted by atomic mass is 9.88. The van der Waals surface area contributed by atoms with Crippen LogP contribution in [0.15, 0.2) is 42.7 Å². The third-order valence-corrected chi connectivity index (χ3v) is 6.18. The highest BCUT2D eigenvalue weighted by Crippen LogP contribution is 2.32. The zero-order chi connectivity index (χ0) is 20.4. The van der Waals surface area contributed by atoms with Crippen LogP contribution in [0.25, 0.3) is 10.9 Å². The first-order valence-corrected chi connectivity index (χ1v) is 10.5. The van der Waals surface area contributed by atoms with Crippen molar-refractivity contribution in [3.8, 4) is 0 Å². The van der Waals surface area contributed by atoms with Crippen molar-refractivity contribution in [2.24, 2.45) is 0 Å². The second-order valence-electron chi connectivity index (χ2n) is 7.97. The molecule has 152 valence electrons. The number of esters is 1. The first-order valence-electron chi connectivity index (χ1n) is 10.5. The van der Waals surface area contributed by atoms with Crippen molar-refractivity contribution in [2.45, 2.75) is 45.6 Å². The van der Waals surface area contributed by atoms with Crippen molar-refractivity contribution in [1.82, 2.24) is 14.9 Å². The minimum absolute atomic E-state index is 0.281. The number of benzene rings is 1. The van der Waals surface area contributed by atoms with E-state index < -0.39 is 0 Å². The number of hydrogen-bond donors (Lipinski definition) is 1. The lowest BCUT2D eigenvalue weighted by molar-refractivity contribution is 0.0339. The van der Waals surface area contributed by atoms with Crippen LogP contribution < -0.4 is 0 Å². The summed E-state index contributed by atoms with van der Waals surface area (Å²) in [7, 11) is 0. The number of aromatic nitrogens is 2. The number of pyridine rings is 1. The van der Waals surface area contributed by atoms with Gasteiger partial charge in [0.05, 0.1) is 5.56 Å². The van der Waals surface area contributed by atoms with Crippen LogP contribution in [0.5, 0.6) is 0 Å². The number of nitrogens with one attached hydrogen (secondary N) is 1. The standard InChI is InChI=1S/C24H29N3O2/c1-4-27-13-9-19(10-14-27)20-5-6-22-21(15-20)23(16(2)26-22)24(28)29-17(3)18-7-11-25-12-8-18/h5-8,11-12,15,17,19,26H,4,9-10,13-14H2,1-3H3.